The van der Waals surface area contributed by atoms with Crippen molar-refractivity contribution < 1.29 is 9.18 Å². The molecule has 2 atom stereocenters. The topological polar surface area (TPSA) is 118 Å². The molecule has 0 bridgehead atoms. The van der Waals surface area contributed by atoms with Crippen molar-refractivity contribution in [1.82, 2.24) is 29.5 Å². The van der Waals surface area contributed by atoms with Crippen LogP contribution in [-0.4, -0.2) is 49.3 Å². The van der Waals surface area contributed by atoms with Crippen LogP contribution in [0, 0.1) is 6.92 Å². The average molecular weight is 448 g/mol. The number of hydrogen-bond donors (Lipinski definition) is 3. The Kier molecular flexibility index (Phi) is 5.00. The molecular weight excluding hydrogens is 427 g/mol. The fourth-order valence-corrected chi connectivity index (χ4v) is 3.50. The number of hydrogen-bond acceptors (Lipinski definition) is 7. The number of fused-ring (bicyclic) bond motifs is 1. The van der Waals surface area contributed by atoms with Crippen LogP contribution in [0.5, 0.6) is 0 Å². The average Bonchev–Trinajstić information content (AvgIpc) is 3.31. The van der Waals surface area contributed by atoms with Crippen LogP contribution in [0.25, 0.3) is 11.5 Å². The van der Waals surface area contributed by atoms with Gasteiger partial charge in [0.15, 0.2) is 5.65 Å². The maximum absolute atomic E-state index is 13.2. The Labute approximate surface area is 187 Å². The number of anilines is 3. The van der Waals surface area contributed by atoms with E-state index in [-0.39, 0.29) is 22.5 Å². The quantitative estimate of drug-likeness (QED) is 0.414. The van der Waals surface area contributed by atoms with Gasteiger partial charge in [-0.25, -0.2) is 14.4 Å². The second-order valence-electron chi connectivity index (χ2n) is 7.76. The summed E-state index contributed by atoms with van der Waals surface area (Å²) in [5, 5.41) is 12.9. The Hall–Kier alpha value is -4.28. The van der Waals surface area contributed by atoms with Gasteiger partial charge in [-0.1, -0.05) is 6.07 Å². The predicted molar refractivity (Wildman–Crippen MR) is 121 cm³/mol. The Bertz CT molecular complexity index is 1430. The van der Waals surface area contributed by atoms with E-state index in [1.165, 1.54) is 15.3 Å². The molecule has 4 aromatic rings. The van der Waals surface area contributed by atoms with E-state index >= 15 is 0 Å². The third-order valence-corrected chi connectivity index (χ3v) is 5.33. The first-order valence-electron chi connectivity index (χ1n) is 10.4. The van der Waals surface area contributed by atoms with Crippen molar-refractivity contribution in [3.05, 3.63) is 70.4 Å². The number of amides is 1. The van der Waals surface area contributed by atoms with Crippen LogP contribution >= 0.6 is 0 Å². The molecule has 10 nitrogen and oxygen atoms in total. The molecule has 1 aliphatic rings. The van der Waals surface area contributed by atoms with E-state index in [1.54, 1.807) is 37.5 Å². The monoisotopic (exact) mass is 448 g/mol. The number of carbonyl (C=O) groups excluding carboxylic acids is 1. The van der Waals surface area contributed by atoms with Crippen molar-refractivity contribution in [2.45, 2.75) is 25.6 Å². The summed E-state index contributed by atoms with van der Waals surface area (Å²) in [6.07, 6.45) is 2.32. The molecule has 1 amide bonds. The molecule has 0 aromatic carbocycles. The summed E-state index contributed by atoms with van der Waals surface area (Å²) in [7, 11) is 1.71. The Morgan fingerprint density at radius 1 is 1.21 bits per heavy atom. The lowest BCUT2D eigenvalue weighted by Crippen LogP contribution is -2.27. The summed E-state index contributed by atoms with van der Waals surface area (Å²) in [5.41, 5.74) is 1.25. The molecule has 33 heavy (non-hydrogen) atoms. The first-order chi connectivity index (χ1) is 15.9. The molecule has 0 saturated heterocycles. The summed E-state index contributed by atoms with van der Waals surface area (Å²) in [4.78, 5) is 34.6. The third-order valence-electron chi connectivity index (χ3n) is 5.33. The van der Waals surface area contributed by atoms with Gasteiger partial charge in [-0.2, -0.15) is 9.61 Å². The van der Waals surface area contributed by atoms with Crippen molar-refractivity contribution in [3.63, 3.8) is 0 Å². The Morgan fingerprint density at radius 3 is 2.76 bits per heavy atom. The van der Waals surface area contributed by atoms with Gasteiger partial charge in [0, 0.05) is 31.4 Å². The lowest BCUT2D eigenvalue weighted by Gasteiger charge is -2.12. The van der Waals surface area contributed by atoms with Crippen molar-refractivity contribution in [2.75, 3.05) is 17.7 Å². The van der Waals surface area contributed by atoms with Gasteiger partial charge < -0.3 is 16.0 Å². The third kappa shape index (κ3) is 3.88. The maximum atomic E-state index is 13.2. The molecule has 0 radical (unpaired) electrons. The molecule has 3 N–H and O–H groups in total. The fraction of sp³-hybridized carbons (Fsp3) is 0.227. The van der Waals surface area contributed by atoms with Crippen LogP contribution in [0.4, 0.5) is 21.7 Å². The van der Waals surface area contributed by atoms with Crippen LogP contribution in [0.15, 0.2) is 53.6 Å². The number of halogens is 1. The van der Waals surface area contributed by atoms with Crippen LogP contribution in [-0.2, 0) is 0 Å². The van der Waals surface area contributed by atoms with E-state index in [1.807, 2.05) is 19.1 Å². The first-order valence-corrected chi connectivity index (χ1v) is 10.4. The second kappa shape index (κ2) is 8.01. The molecular formula is C22H21FN8O2. The minimum Gasteiger partial charge on any atom is -0.373 e. The number of rotatable bonds is 6. The number of alkyl halides is 1. The van der Waals surface area contributed by atoms with Gasteiger partial charge in [0.1, 0.15) is 34.9 Å². The van der Waals surface area contributed by atoms with Crippen molar-refractivity contribution in [3.8, 4) is 5.82 Å². The number of pyridine rings is 2. The highest BCUT2D eigenvalue weighted by molar-refractivity contribution is 6.00. The van der Waals surface area contributed by atoms with Gasteiger partial charge in [-0.3, -0.25) is 14.2 Å². The molecule has 0 aliphatic heterocycles. The SMILES string of the molecule is CNc1cc(Nc2cccn(-c3cccc(C)n3)c2=O)nc2c(C(=O)N[C@@H]3C[C@@H]3F)cnn12. The van der Waals surface area contributed by atoms with Crippen LogP contribution in [0.1, 0.15) is 22.5 Å². The number of carbonyl (C=O) groups is 1. The Morgan fingerprint density at radius 2 is 2.03 bits per heavy atom. The summed E-state index contributed by atoms with van der Waals surface area (Å²) in [6.45, 7) is 1.85. The molecule has 4 heterocycles. The van der Waals surface area contributed by atoms with E-state index in [0.717, 1.165) is 5.69 Å². The van der Waals surface area contributed by atoms with Crippen LogP contribution < -0.4 is 21.5 Å². The number of nitrogens with one attached hydrogen (secondary N) is 3. The van der Waals surface area contributed by atoms with Crippen molar-refractivity contribution >= 4 is 28.9 Å². The molecule has 0 spiro atoms. The van der Waals surface area contributed by atoms with Crippen molar-refractivity contribution in [1.29, 1.82) is 0 Å². The molecule has 5 rings (SSSR count). The molecule has 1 fully saturated rings. The van der Waals surface area contributed by atoms with Gasteiger partial charge in [0.2, 0.25) is 0 Å². The van der Waals surface area contributed by atoms with Crippen LogP contribution in [0.3, 0.4) is 0 Å². The van der Waals surface area contributed by atoms with Gasteiger partial charge in [-0.05, 0) is 31.2 Å². The first kappa shape index (κ1) is 20.6. The molecule has 1 saturated carbocycles. The lowest BCUT2D eigenvalue weighted by atomic mass is 10.3. The standard InChI is InChI=1S/C22H21FN8O2/c1-12-5-3-7-18(26-12)30-8-4-6-15(22(30)33)27-17-10-19(24-2)31-20(29-17)13(11-25-31)21(32)28-16-9-14(16)23/h3-8,10-11,14,16,24H,9H2,1-2H3,(H,27,29)(H,28,32)/t14-,16+/m0/s1. The highest BCUT2D eigenvalue weighted by atomic mass is 19.1. The van der Waals surface area contributed by atoms with E-state index in [9.17, 15) is 14.0 Å². The van der Waals surface area contributed by atoms with E-state index in [2.05, 4.69) is 31.0 Å². The maximum Gasteiger partial charge on any atom is 0.279 e. The predicted octanol–water partition coefficient (Wildman–Crippen LogP) is 2.21. The number of aryl methyl sites for hydroxylation is 1. The Balaban J connectivity index is 1.52. The fourth-order valence-electron chi connectivity index (χ4n) is 3.50. The zero-order valence-electron chi connectivity index (χ0n) is 17.9. The van der Waals surface area contributed by atoms with Gasteiger partial charge in [0.05, 0.1) is 12.2 Å². The number of aromatic nitrogens is 5. The molecule has 4 aromatic heterocycles. The van der Waals surface area contributed by atoms with Crippen molar-refractivity contribution in [2.24, 2.45) is 0 Å². The minimum atomic E-state index is -1.02. The van der Waals surface area contributed by atoms with Gasteiger partial charge in [-0.15, -0.1) is 0 Å². The largest absolute Gasteiger partial charge is 0.373 e. The van der Waals surface area contributed by atoms with Crippen LogP contribution in [0.2, 0.25) is 0 Å². The summed E-state index contributed by atoms with van der Waals surface area (Å²) >= 11 is 0. The number of nitrogens with zero attached hydrogens (tertiary/aromatic N) is 5. The summed E-state index contributed by atoms with van der Waals surface area (Å²) in [6, 6.07) is 9.99. The molecule has 0 unspecified atom stereocenters. The van der Waals surface area contributed by atoms with E-state index < -0.39 is 18.1 Å². The summed E-state index contributed by atoms with van der Waals surface area (Å²) in [5.74, 6) is 0.939. The van der Waals surface area contributed by atoms with Gasteiger partial charge in [0.25, 0.3) is 11.5 Å². The second-order valence-corrected chi connectivity index (χ2v) is 7.76. The normalized spacial score (nSPS) is 17.1. The molecule has 168 valence electrons. The minimum absolute atomic E-state index is 0.212. The highest BCUT2D eigenvalue weighted by Gasteiger charge is 2.39. The highest BCUT2D eigenvalue weighted by Crippen LogP contribution is 2.26. The van der Waals surface area contributed by atoms with Gasteiger partial charge >= 0.3 is 0 Å². The molecule has 1 aliphatic carbocycles. The van der Waals surface area contributed by atoms with E-state index in [0.29, 0.717) is 23.9 Å². The zero-order chi connectivity index (χ0) is 23.1. The molecule has 11 heteroatoms. The van der Waals surface area contributed by atoms with E-state index in [4.69, 9.17) is 0 Å². The zero-order valence-corrected chi connectivity index (χ0v) is 17.9. The smallest absolute Gasteiger partial charge is 0.279 e. The summed E-state index contributed by atoms with van der Waals surface area (Å²) < 4.78 is 16.1. The lowest BCUT2D eigenvalue weighted by molar-refractivity contribution is 0.0949.